The zero-order chi connectivity index (χ0) is 79.6. The number of primary amides is 2. The average Bonchev–Trinajstić information content (AvgIpc) is 0.836. The Hall–Kier alpha value is -9.84. The molecule has 5 amide bonds. The summed E-state index contributed by atoms with van der Waals surface area (Å²) in [5.41, 5.74) is 23.8. The molecule has 0 aliphatic rings. The number of carboxylic acids is 1. The fourth-order valence-corrected chi connectivity index (χ4v) is 12.0. The maximum absolute atomic E-state index is 14.1. The third kappa shape index (κ3) is 35.0. The predicted molar refractivity (Wildman–Crippen MR) is 410 cm³/mol. The first kappa shape index (κ1) is 89.6. The fraction of sp³-hybridized carbons (Fsp3) is 0.439. The zero-order valence-electron chi connectivity index (χ0n) is 62.9. The lowest BCUT2D eigenvalue weighted by Gasteiger charge is -2.25. The smallest absolute Gasteiger partial charge is 0.407 e. The number of unbranched alkanes of at least 4 members (excludes halogenated alkanes) is 2. The van der Waals surface area contributed by atoms with Gasteiger partial charge in [0, 0.05) is 58.9 Å². The van der Waals surface area contributed by atoms with Crippen molar-refractivity contribution in [3.63, 3.8) is 0 Å². The van der Waals surface area contributed by atoms with Gasteiger partial charge in [-0.05, 0) is 214 Å². The monoisotopic (exact) mass is 1520 g/mol. The number of aromatic hydroxyl groups is 2. The standard InChI is InChI=1S/C41H52ClN3O8.C24H30ClN3O4.C17H24O5/c1-26-19-32(46)20-27(2)33(26)22-31(24-37(48)53-41(3,4)5)39(50)45-35(36(47)23-30(38(43)49)21-28-13-7-6-8-14-28)17-11-12-18-44-40(51)52-25-29-15-9-10-16-34(29)42;25-20-11-5-4-10-18(20)16-32-24(31)28-13-7-6-12-21(26)22(29)15-19(23(27)30)14-17-8-2-1-3-9-17;1-10-6-13(18)7-11(2)14(10)8-12(16(20)21)9-15(19)22-17(3,4)5/h6-10,13-16,19-20,30-31,35,46H,11-12,17-18,21-25H2,1-5H3,(H2,43,49)(H,44,51)(H,45,50);1-5,8-11,19,21H,6-7,12-16,26H2,(H2,27,30)(H,28,31);6-7,12,18H,8-9H2,1-5H3,(H,20,21)/t30-,31?,35+;19-,21+;/m11./s1. The molecule has 0 saturated carbocycles. The molecule has 107 heavy (non-hydrogen) atoms. The third-order valence-corrected chi connectivity index (χ3v) is 17.9. The van der Waals surface area contributed by atoms with E-state index >= 15 is 0 Å². The van der Waals surface area contributed by atoms with E-state index in [-0.39, 0.29) is 94.2 Å². The summed E-state index contributed by atoms with van der Waals surface area (Å²) in [7, 11) is 0. The normalized spacial score (nSPS) is 12.8. The van der Waals surface area contributed by atoms with Crippen molar-refractivity contribution >= 4 is 82.6 Å². The molecule has 6 rings (SSSR count). The number of esters is 2. The lowest BCUT2D eigenvalue weighted by molar-refractivity contribution is -0.159. The van der Waals surface area contributed by atoms with Crippen LogP contribution in [0, 0.1) is 51.4 Å². The Balaban J connectivity index is 0.000000378. The number of hydrogen-bond donors (Lipinski definition) is 9. The maximum atomic E-state index is 14.1. The van der Waals surface area contributed by atoms with Crippen molar-refractivity contribution in [2.24, 2.45) is 40.9 Å². The number of rotatable bonds is 37. The number of halogens is 2. The van der Waals surface area contributed by atoms with E-state index in [1.165, 1.54) is 0 Å². The van der Waals surface area contributed by atoms with Crippen molar-refractivity contribution in [2.45, 2.75) is 196 Å². The number of aryl methyl sites for hydroxylation is 4. The van der Waals surface area contributed by atoms with Gasteiger partial charge in [-0.1, -0.05) is 120 Å². The number of hydrogen-bond acceptors (Lipinski definition) is 17. The van der Waals surface area contributed by atoms with E-state index in [1.807, 2.05) is 94.4 Å². The number of amides is 5. The van der Waals surface area contributed by atoms with Crippen molar-refractivity contribution in [1.82, 2.24) is 16.0 Å². The van der Waals surface area contributed by atoms with E-state index in [2.05, 4.69) is 16.0 Å². The van der Waals surface area contributed by atoms with Crippen LogP contribution >= 0.6 is 23.2 Å². The van der Waals surface area contributed by atoms with Crippen LogP contribution in [-0.4, -0.2) is 111 Å². The van der Waals surface area contributed by atoms with Crippen LogP contribution in [0.2, 0.25) is 10.0 Å². The summed E-state index contributed by atoms with van der Waals surface area (Å²) in [4.78, 5) is 125. The number of ether oxygens (including phenoxy) is 4. The quantitative estimate of drug-likeness (QED) is 0.00993. The molecule has 0 fully saturated rings. The van der Waals surface area contributed by atoms with Crippen LogP contribution in [0.3, 0.4) is 0 Å². The second kappa shape index (κ2) is 45.0. The minimum atomic E-state index is -1.03. The number of carboxylic acid groups (broad SMARTS) is 1. The lowest BCUT2D eigenvalue weighted by atomic mass is 9.88. The molecule has 0 radical (unpaired) electrons. The molecule has 0 aliphatic carbocycles. The number of nitrogens with one attached hydrogen (secondary N) is 3. The first-order chi connectivity index (χ1) is 50.4. The number of phenols is 2. The van der Waals surface area contributed by atoms with Gasteiger partial charge >= 0.3 is 30.1 Å². The van der Waals surface area contributed by atoms with Gasteiger partial charge in [0.1, 0.15) is 41.7 Å². The number of carbonyl (C=O) groups is 10. The lowest BCUT2D eigenvalue weighted by Crippen LogP contribution is -2.46. The largest absolute Gasteiger partial charge is 0.508 e. The van der Waals surface area contributed by atoms with Crippen molar-refractivity contribution in [1.29, 1.82) is 0 Å². The van der Waals surface area contributed by atoms with Crippen molar-refractivity contribution in [2.75, 3.05) is 13.1 Å². The Morgan fingerprint density at radius 1 is 0.467 bits per heavy atom. The molecule has 12 N–H and O–H groups in total. The number of alkyl carbamates (subject to hydrolysis) is 2. The molecular weight excluding hydrogens is 1410 g/mol. The Bertz CT molecular complexity index is 3890. The van der Waals surface area contributed by atoms with Gasteiger partial charge in [-0.15, -0.1) is 0 Å². The summed E-state index contributed by atoms with van der Waals surface area (Å²) in [5, 5.41) is 38.3. The molecule has 2 unspecified atom stereocenters. The molecule has 580 valence electrons. The zero-order valence-corrected chi connectivity index (χ0v) is 64.5. The van der Waals surface area contributed by atoms with E-state index in [0.29, 0.717) is 60.7 Å². The number of phenolic OH excluding ortho intramolecular Hbond substituents is 2. The van der Waals surface area contributed by atoms with Gasteiger partial charge in [0.15, 0.2) is 5.78 Å². The Kier molecular flexibility index (Phi) is 37.6. The summed E-state index contributed by atoms with van der Waals surface area (Å²) in [5.74, 6) is -7.25. The Morgan fingerprint density at radius 2 is 0.832 bits per heavy atom. The summed E-state index contributed by atoms with van der Waals surface area (Å²) < 4.78 is 21.1. The van der Waals surface area contributed by atoms with Crippen LogP contribution in [0.5, 0.6) is 11.5 Å². The second-order valence-electron chi connectivity index (χ2n) is 28.6. The second-order valence-corrected chi connectivity index (χ2v) is 29.4. The van der Waals surface area contributed by atoms with Gasteiger partial charge in [-0.3, -0.25) is 38.4 Å². The number of ketones is 2. The van der Waals surface area contributed by atoms with Crippen LogP contribution in [0.25, 0.3) is 0 Å². The number of carbonyl (C=O) groups excluding carboxylic acids is 9. The molecular formula is C82H106Cl2N6O17. The molecule has 0 aliphatic heterocycles. The average molecular weight is 1520 g/mol. The number of benzene rings is 6. The highest BCUT2D eigenvalue weighted by atomic mass is 35.5. The number of aliphatic carboxylic acids is 1. The van der Waals surface area contributed by atoms with E-state index in [1.54, 1.807) is 108 Å². The van der Waals surface area contributed by atoms with Crippen LogP contribution < -0.4 is 33.2 Å². The maximum Gasteiger partial charge on any atom is 0.407 e. The van der Waals surface area contributed by atoms with E-state index < -0.39 is 94.8 Å². The summed E-state index contributed by atoms with van der Waals surface area (Å²) in [6, 6.07) is 37.5. The SMILES string of the molecule is Cc1cc(O)cc(C)c1CC(CC(=O)OC(C)(C)C)C(=O)N[C@@H](CCCCNC(=O)OCc1ccccc1Cl)C(=O)C[C@@H](Cc1ccccc1)C(N)=O.Cc1cc(O)cc(C)c1CC(CC(=O)OC(C)(C)C)C(=O)O.NC(=O)[C@@H](CC(=O)[C@@H](N)CCCCNC(=O)OCc1ccccc1Cl)Cc1ccccc1. The first-order valence-electron chi connectivity index (χ1n) is 35.7. The molecule has 0 aromatic heterocycles. The molecule has 25 heteroatoms. The van der Waals surface area contributed by atoms with E-state index in [9.17, 15) is 63.3 Å². The van der Waals surface area contributed by atoms with E-state index in [4.69, 9.17) is 59.4 Å². The van der Waals surface area contributed by atoms with Crippen LogP contribution in [-0.2, 0) is 96.2 Å². The Labute approximate surface area is 637 Å². The first-order valence-corrected chi connectivity index (χ1v) is 36.4. The molecule has 0 bridgehead atoms. The Morgan fingerprint density at radius 3 is 1.21 bits per heavy atom. The minimum absolute atomic E-state index is 0.00573. The summed E-state index contributed by atoms with van der Waals surface area (Å²) in [6.45, 7) is 18.4. The number of nitrogens with two attached hydrogens (primary N) is 3. The molecule has 6 atom stereocenters. The molecule has 0 spiro atoms. The van der Waals surface area contributed by atoms with Gasteiger partial charge in [0.25, 0.3) is 0 Å². The molecule has 0 saturated heterocycles. The highest BCUT2D eigenvalue weighted by Gasteiger charge is 2.33. The number of Topliss-reactive ketones (excluding diaryl/α,β-unsaturated/α-hetero) is 2. The molecule has 6 aromatic carbocycles. The molecule has 23 nitrogen and oxygen atoms in total. The van der Waals surface area contributed by atoms with Gasteiger partial charge in [-0.25, -0.2) is 9.59 Å². The summed E-state index contributed by atoms with van der Waals surface area (Å²) in [6.07, 6.45) is 2.14. The van der Waals surface area contributed by atoms with Crippen LogP contribution in [0.15, 0.2) is 133 Å². The molecule has 6 aromatic rings. The van der Waals surface area contributed by atoms with Crippen molar-refractivity contribution in [3.05, 3.63) is 199 Å². The fourth-order valence-electron chi connectivity index (χ4n) is 11.6. The highest BCUT2D eigenvalue weighted by molar-refractivity contribution is 6.31. The predicted octanol–water partition coefficient (Wildman–Crippen LogP) is 12.8. The van der Waals surface area contributed by atoms with Gasteiger partial charge in [0.2, 0.25) is 17.7 Å². The molecule has 0 heterocycles. The van der Waals surface area contributed by atoms with Crippen molar-refractivity contribution in [3.8, 4) is 11.5 Å². The highest BCUT2D eigenvalue weighted by Crippen LogP contribution is 2.29. The van der Waals surface area contributed by atoms with Crippen molar-refractivity contribution < 1.29 is 82.2 Å². The van der Waals surface area contributed by atoms with Gasteiger partial charge < -0.3 is 67.4 Å². The van der Waals surface area contributed by atoms with E-state index in [0.717, 1.165) is 50.1 Å². The van der Waals surface area contributed by atoms with Crippen LogP contribution in [0.1, 0.15) is 161 Å². The van der Waals surface area contributed by atoms with Gasteiger partial charge in [0.05, 0.1) is 36.8 Å². The van der Waals surface area contributed by atoms with Crippen LogP contribution in [0.4, 0.5) is 9.59 Å². The van der Waals surface area contributed by atoms with Gasteiger partial charge in [-0.2, -0.15) is 0 Å². The summed E-state index contributed by atoms with van der Waals surface area (Å²) >= 11 is 12.2. The minimum Gasteiger partial charge on any atom is -0.508 e. The topological polar surface area (TPSA) is 382 Å². The third-order valence-electron chi connectivity index (χ3n) is 17.2.